The van der Waals surface area contributed by atoms with Gasteiger partial charge in [-0.25, -0.2) is 4.57 Å². The molecule has 5 rings (SSSR count). The molecule has 4 aromatic rings. The molecule has 0 saturated carbocycles. The van der Waals surface area contributed by atoms with Crippen LogP contribution >= 0.6 is 0 Å². The highest BCUT2D eigenvalue weighted by molar-refractivity contribution is 6.22. The summed E-state index contributed by atoms with van der Waals surface area (Å²) in [6, 6.07) is 17.1. The fourth-order valence-electron chi connectivity index (χ4n) is 4.22. The molecule has 0 bridgehead atoms. The number of aromatic amines is 1. The number of hydrogen-bond donors (Lipinski definition) is 2. The van der Waals surface area contributed by atoms with Crippen LogP contribution in [0.1, 0.15) is 49.1 Å². The molecular weight excluding hydrogens is 472 g/mol. The molecule has 0 radical (unpaired) electrons. The van der Waals surface area contributed by atoms with Crippen LogP contribution in [0.2, 0.25) is 0 Å². The predicted molar refractivity (Wildman–Crippen MR) is 132 cm³/mol. The number of carbonyl (C=O) groups is 3. The molecule has 0 aliphatic carbocycles. The minimum absolute atomic E-state index is 0.00128. The van der Waals surface area contributed by atoms with Crippen molar-refractivity contribution < 1.29 is 28.8 Å². The fraction of sp³-hybridized carbons (Fsp3) is 0.143. The second kappa shape index (κ2) is 9.03. The van der Waals surface area contributed by atoms with Crippen LogP contribution in [0.25, 0.3) is 0 Å². The van der Waals surface area contributed by atoms with Gasteiger partial charge in [0.15, 0.2) is 0 Å². The van der Waals surface area contributed by atoms with Gasteiger partial charge in [0, 0.05) is 18.3 Å². The van der Waals surface area contributed by atoms with E-state index >= 15 is 0 Å². The van der Waals surface area contributed by atoms with Crippen molar-refractivity contribution in [1.82, 2.24) is 9.88 Å². The number of nitrogens with zero attached hydrogens (tertiary/aromatic N) is 2. The van der Waals surface area contributed by atoms with Crippen LogP contribution in [0.3, 0.4) is 0 Å². The second-order valence-electron chi connectivity index (χ2n) is 9.01. The van der Waals surface area contributed by atoms with E-state index in [1.165, 1.54) is 43.2 Å². The van der Waals surface area contributed by atoms with Crippen molar-refractivity contribution in [3.05, 3.63) is 107 Å². The number of aryl methyl sites for hydroxylation is 1. The molecule has 9 nitrogen and oxygen atoms in total. The smallest absolute Gasteiger partial charge is 0.261 e. The van der Waals surface area contributed by atoms with Gasteiger partial charge in [-0.15, -0.1) is 0 Å². The number of carbonyl (C=O) groups excluding carboxylic acids is 3. The number of rotatable bonds is 6. The molecule has 186 valence electrons. The summed E-state index contributed by atoms with van der Waals surface area (Å²) in [6.07, 6.45) is 4.58. The van der Waals surface area contributed by atoms with Crippen LogP contribution in [0.5, 0.6) is 11.5 Å². The third-order valence-corrected chi connectivity index (χ3v) is 6.38. The minimum Gasteiger partial charge on any atom is -0.812 e. The summed E-state index contributed by atoms with van der Waals surface area (Å²) in [6.45, 7) is 3.38. The number of H-pyrrole nitrogens is 1. The van der Waals surface area contributed by atoms with Gasteiger partial charge in [-0.2, -0.15) is 0 Å². The molecule has 0 fully saturated rings. The summed E-state index contributed by atoms with van der Waals surface area (Å²) in [5.41, 5.74) is -0.122. The molecule has 1 aromatic heterocycles. The first-order valence-corrected chi connectivity index (χ1v) is 11.6. The maximum absolute atomic E-state index is 13.8. The zero-order chi connectivity index (χ0) is 26.3. The van der Waals surface area contributed by atoms with Crippen molar-refractivity contribution in [2.75, 3.05) is 12.4 Å². The van der Waals surface area contributed by atoms with Crippen LogP contribution in [-0.4, -0.2) is 34.7 Å². The van der Waals surface area contributed by atoms with Gasteiger partial charge in [-0.05, 0) is 67.9 Å². The third kappa shape index (κ3) is 4.36. The van der Waals surface area contributed by atoms with E-state index in [4.69, 9.17) is 4.74 Å². The number of imide groups is 1. The number of hydrogen-bond acceptors (Lipinski definition) is 5. The van der Waals surface area contributed by atoms with Gasteiger partial charge in [0.05, 0.1) is 16.9 Å². The summed E-state index contributed by atoms with van der Waals surface area (Å²) in [4.78, 5) is 42.4. The Kier molecular flexibility index (Phi) is 5.85. The number of imidazole rings is 1. The second-order valence-corrected chi connectivity index (χ2v) is 9.01. The summed E-state index contributed by atoms with van der Waals surface area (Å²) in [7, 11) is 1.36. The molecular formula is C28H24N4O5. The van der Waals surface area contributed by atoms with Crippen molar-refractivity contribution in [2.45, 2.75) is 19.6 Å². The first-order chi connectivity index (χ1) is 17.6. The summed E-state index contributed by atoms with van der Waals surface area (Å²) in [5.74, 6) is -0.361. The predicted octanol–water partition coefficient (Wildman–Crippen LogP) is 2.96. The van der Waals surface area contributed by atoms with E-state index in [9.17, 15) is 19.5 Å². The van der Waals surface area contributed by atoms with Crippen molar-refractivity contribution in [3.63, 3.8) is 0 Å². The van der Waals surface area contributed by atoms with Crippen LogP contribution in [0.4, 0.5) is 5.69 Å². The van der Waals surface area contributed by atoms with Crippen molar-refractivity contribution >= 4 is 23.4 Å². The first kappa shape index (κ1) is 24.0. The average molecular weight is 497 g/mol. The number of amides is 3. The number of fused-ring (bicyclic) bond motifs is 1. The Hall–Kier alpha value is -4.76. The lowest BCUT2D eigenvalue weighted by Gasteiger charge is -2.34. The Bertz CT molecular complexity index is 1510. The molecule has 9 heteroatoms. The van der Waals surface area contributed by atoms with E-state index in [2.05, 4.69) is 10.3 Å². The third-order valence-electron chi connectivity index (χ3n) is 6.38. The SMILES string of the molecule is Cc1ccc(Oc2ccc(NC(=O)c3cc4c(cc3C(C)([O-])[n+]3cc[nH]c3)C(=O)N(C)C4=O)cc2)cc1. The Balaban J connectivity index is 1.46. The molecule has 1 atom stereocenters. The standard InChI is InChI=1S/C28H23N4O5/c1-17-4-8-19(9-5-17)37-20-10-6-18(7-11-20)30-25(33)23-14-21-22(27(35)31(3)26(21)34)15-24(23)28(2,36)32-13-12-29-16-32/h4-16H,1-3H3,(H,30,33)/q-1/p+1. The number of anilines is 1. The summed E-state index contributed by atoms with van der Waals surface area (Å²) in [5, 5.41) is 16.6. The van der Waals surface area contributed by atoms with Crippen LogP contribution in [0, 0.1) is 6.92 Å². The number of nitrogens with one attached hydrogen (secondary N) is 2. The zero-order valence-corrected chi connectivity index (χ0v) is 20.4. The largest absolute Gasteiger partial charge is 0.812 e. The number of benzene rings is 3. The molecule has 0 saturated heterocycles. The molecule has 1 unspecified atom stereocenters. The monoisotopic (exact) mass is 496 g/mol. The first-order valence-electron chi connectivity index (χ1n) is 11.6. The van der Waals surface area contributed by atoms with Gasteiger partial charge in [-0.1, -0.05) is 17.7 Å². The molecule has 0 spiro atoms. The number of aromatic nitrogens is 2. The molecule has 1 aliphatic rings. The summed E-state index contributed by atoms with van der Waals surface area (Å²) >= 11 is 0. The van der Waals surface area contributed by atoms with Crippen LogP contribution in [0.15, 0.2) is 79.4 Å². The summed E-state index contributed by atoms with van der Waals surface area (Å²) < 4.78 is 7.19. The lowest BCUT2D eigenvalue weighted by molar-refractivity contribution is -0.884. The van der Waals surface area contributed by atoms with Crippen LogP contribution in [-0.2, 0) is 5.72 Å². The highest BCUT2D eigenvalue weighted by Gasteiger charge is 2.37. The maximum atomic E-state index is 13.8. The van der Waals surface area contributed by atoms with Gasteiger partial charge in [0.1, 0.15) is 23.9 Å². The number of ether oxygens (including phenoxy) is 1. The van der Waals surface area contributed by atoms with E-state index in [1.807, 2.05) is 31.2 Å². The Morgan fingerprint density at radius 1 is 1.00 bits per heavy atom. The molecule has 3 aromatic carbocycles. The van der Waals surface area contributed by atoms with E-state index in [-0.39, 0.29) is 22.3 Å². The molecule has 1 aliphatic heterocycles. The van der Waals surface area contributed by atoms with Gasteiger partial charge < -0.3 is 15.2 Å². The van der Waals surface area contributed by atoms with E-state index in [1.54, 1.807) is 30.5 Å². The van der Waals surface area contributed by atoms with Gasteiger partial charge >= 0.3 is 0 Å². The van der Waals surface area contributed by atoms with Gasteiger partial charge in [-0.3, -0.25) is 24.3 Å². The van der Waals surface area contributed by atoms with Gasteiger partial charge in [0.2, 0.25) is 6.33 Å². The Morgan fingerprint density at radius 2 is 1.59 bits per heavy atom. The Labute approximate surface area is 212 Å². The average Bonchev–Trinajstić information content (AvgIpc) is 3.51. The van der Waals surface area contributed by atoms with Gasteiger partial charge in [0.25, 0.3) is 17.7 Å². The van der Waals surface area contributed by atoms with E-state index in [0.29, 0.717) is 17.2 Å². The maximum Gasteiger partial charge on any atom is 0.261 e. The lowest BCUT2D eigenvalue weighted by Crippen LogP contribution is -2.63. The minimum atomic E-state index is -1.95. The normalized spacial score (nSPS) is 14.3. The van der Waals surface area contributed by atoms with Crippen molar-refractivity contribution in [2.24, 2.45) is 0 Å². The van der Waals surface area contributed by atoms with Crippen molar-refractivity contribution in [3.8, 4) is 11.5 Å². The molecule has 2 heterocycles. The topological polar surface area (TPSA) is 118 Å². The van der Waals surface area contributed by atoms with E-state index in [0.717, 1.165) is 10.5 Å². The zero-order valence-electron chi connectivity index (χ0n) is 20.4. The van der Waals surface area contributed by atoms with E-state index < -0.39 is 23.4 Å². The molecule has 2 N–H and O–H groups in total. The highest BCUT2D eigenvalue weighted by Crippen LogP contribution is 2.30. The Morgan fingerprint density at radius 3 is 2.19 bits per heavy atom. The molecule has 3 amide bonds. The highest BCUT2D eigenvalue weighted by atomic mass is 16.5. The van der Waals surface area contributed by atoms with Crippen LogP contribution < -0.4 is 19.7 Å². The quantitative estimate of drug-likeness (QED) is 0.314. The lowest BCUT2D eigenvalue weighted by atomic mass is 9.92. The fourth-order valence-corrected chi connectivity index (χ4v) is 4.22. The molecule has 37 heavy (non-hydrogen) atoms. The van der Waals surface area contributed by atoms with Crippen molar-refractivity contribution in [1.29, 1.82) is 0 Å².